The molecule has 0 atom stereocenters. The Bertz CT molecular complexity index is 511. The van der Waals surface area contributed by atoms with Crippen LogP contribution in [0.5, 0.6) is 5.75 Å². The molecule has 0 saturated carbocycles. The van der Waals surface area contributed by atoms with Gasteiger partial charge < -0.3 is 5.11 Å². The van der Waals surface area contributed by atoms with Crippen molar-refractivity contribution in [2.24, 2.45) is 0 Å². The summed E-state index contributed by atoms with van der Waals surface area (Å²) in [6.07, 6.45) is 0. The Hall–Kier alpha value is -1.16. The lowest BCUT2D eigenvalue weighted by atomic mass is 10.1. The Labute approximate surface area is 87.1 Å². The molecule has 0 heterocycles. The van der Waals surface area contributed by atoms with Gasteiger partial charge in [0.05, 0.1) is 5.39 Å². The van der Waals surface area contributed by atoms with Crippen molar-refractivity contribution < 1.29 is 13.9 Å². The monoisotopic (exact) mass is 258 g/mol. The maximum Gasteiger partial charge on any atom is 0.175 e. The Kier molecular flexibility index (Phi) is 2.15. The van der Waals surface area contributed by atoms with Gasteiger partial charge in [-0.15, -0.1) is 0 Å². The topological polar surface area (TPSA) is 20.2 Å². The van der Waals surface area contributed by atoms with Crippen LogP contribution in [0.15, 0.2) is 28.7 Å². The third kappa shape index (κ3) is 1.35. The molecule has 0 radical (unpaired) electrons. The smallest absolute Gasteiger partial charge is 0.175 e. The van der Waals surface area contributed by atoms with Crippen LogP contribution in [0.1, 0.15) is 0 Å². The summed E-state index contributed by atoms with van der Waals surface area (Å²) < 4.78 is 27.1. The van der Waals surface area contributed by atoms with Gasteiger partial charge in [0.15, 0.2) is 11.6 Å². The van der Waals surface area contributed by atoms with Gasteiger partial charge in [0.1, 0.15) is 5.82 Å². The normalized spacial score (nSPS) is 10.8. The van der Waals surface area contributed by atoms with Gasteiger partial charge >= 0.3 is 0 Å². The molecule has 0 aliphatic rings. The van der Waals surface area contributed by atoms with Crippen molar-refractivity contribution >= 4 is 26.7 Å². The van der Waals surface area contributed by atoms with Crippen molar-refractivity contribution in [3.8, 4) is 5.75 Å². The molecule has 0 spiro atoms. The minimum absolute atomic E-state index is 0.187. The second-order valence-electron chi connectivity index (χ2n) is 2.88. The molecule has 0 aromatic heterocycles. The van der Waals surface area contributed by atoms with E-state index in [1.165, 1.54) is 12.1 Å². The largest absolute Gasteiger partial charge is 0.505 e. The Morgan fingerprint density at radius 3 is 2.57 bits per heavy atom. The summed E-state index contributed by atoms with van der Waals surface area (Å²) >= 11 is 3.10. The number of rotatable bonds is 0. The number of hydrogen-bond acceptors (Lipinski definition) is 1. The zero-order valence-electron chi connectivity index (χ0n) is 6.89. The van der Waals surface area contributed by atoms with Gasteiger partial charge in [-0.05, 0) is 23.6 Å². The lowest BCUT2D eigenvalue weighted by Crippen LogP contribution is -1.86. The van der Waals surface area contributed by atoms with Crippen molar-refractivity contribution in [2.45, 2.75) is 0 Å². The summed E-state index contributed by atoms with van der Waals surface area (Å²) in [5.74, 6) is -2.16. The molecule has 0 amide bonds. The summed E-state index contributed by atoms with van der Waals surface area (Å²) in [4.78, 5) is 0. The molecule has 0 unspecified atom stereocenters. The molecule has 0 aliphatic heterocycles. The van der Waals surface area contributed by atoms with E-state index in [0.29, 0.717) is 9.86 Å². The number of fused-ring (bicyclic) bond motifs is 1. The molecule has 72 valence electrons. The Balaban J connectivity index is 2.95. The average molecular weight is 259 g/mol. The maximum atomic E-state index is 13.3. The molecule has 2 aromatic carbocycles. The summed E-state index contributed by atoms with van der Waals surface area (Å²) in [6, 6.07) is 5.40. The highest BCUT2D eigenvalue weighted by Crippen LogP contribution is 2.29. The van der Waals surface area contributed by atoms with Crippen LogP contribution in [0, 0.1) is 11.6 Å². The number of phenolic OH excluding ortho intramolecular Hbond substituents is 1. The lowest BCUT2D eigenvalue weighted by Gasteiger charge is -2.03. The highest BCUT2D eigenvalue weighted by Gasteiger charge is 2.11. The van der Waals surface area contributed by atoms with Crippen molar-refractivity contribution in [1.82, 2.24) is 0 Å². The molecule has 1 N–H and O–H groups in total. The van der Waals surface area contributed by atoms with E-state index in [4.69, 9.17) is 5.11 Å². The Morgan fingerprint density at radius 2 is 1.86 bits per heavy atom. The van der Waals surface area contributed by atoms with E-state index in [1.807, 2.05) is 0 Å². The van der Waals surface area contributed by atoms with E-state index in [1.54, 1.807) is 6.07 Å². The van der Waals surface area contributed by atoms with E-state index in [2.05, 4.69) is 15.9 Å². The first-order chi connectivity index (χ1) is 6.59. The van der Waals surface area contributed by atoms with Crippen molar-refractivity contribution in [3.05, 3.63) is 40.4 Å². The van der Waals surface area contributed by atoms with Crippen LogP contribution in [-0.2, 0) is 0 Å². The Morgan fingerprint density at radius 1 is 1.14 bits per heavy atom. The first kappa shape index (κ1) is 9.40. The van der Waals surface area contributed by atoms with Crippen LogP contribution < -0.4 is 0 Å². The van der Waals surface area contributed by atoms with Gasteiger partial charge in [0, 0.05) is 4.47 Å². The van der Waals surface area contributed by atoms with Crippen LogP contribution in [0.4, 0.5) is 8.78 Å². The molecule has 14 heavy (non-hydrogen) atoms. The van der Waals surface area contributed by atoms with Crippen molar-refractivity contribution in [2.75, 3.05) is 0 Å². The second kappa shape index (κ2) is 3.20. The van der Waals surface area contributed by atoms with E-state index < -0.39 is 17.4 Å². The van der Waals surface area contributed by atoms with E-state index >= 15 is 0 Å². The van der Waals surface area contributed by atoms with E-state index in [0.717, 1.165) is 6.07 Å². The SMILES string of the molecule is Oc1ccc2cc(Br)cc(F)c2c1F. The highest BCUT2D eigenvalue weighted by molar-refractivity contribution is 9.10. The molecule has 0 bridgehead atoms. The van der Waals surface area contributed by atoms with Gasteiger partial charge in [-0.3, -0.25) is 0 Å². The average Bonchev–Trinajstić information content (AvgIpc) is 2.10. The third-order valence-corrected chi connectivity index (χ3v) is 2.41. The summed E-state index contributed by atoms with van der Waals surface area (Å²) in [5.41, 5.74) is 0. The molecule has 2 rings (SSSR count). The molecule has 4 heteroatoms. The van der Waals surface area contributed by atoms with Crippen LogP contribution >= 0.6 is 15.9 Å². The fourth-order valence-corrected chi connectivity index (χ4v) is 1.77. The first-order valence-electron chi connectivity index (χ1n) is 3.86. The van der Waals surface area contributed by atoms with Gasteiger partial charge in [-0.2, -0.15) is 0 Å². The predicted molar refractivity (Wildman–Crippen MR) is 53.2 cm³/mol. The number of hydrogen-bond donors (Lipinski definition) is 1. The summed E-state index contributed by atoms with van der Waals surface area (Å²) in [7, 11) is 0. The zero-order valence-corrected chi connectivity index (χ0v) is 8.48. The number of phenols is 1. The van der Waals surface area contributed by atoms with Crippen molar-refractivity contribution in [1.29, 1.82) is 0 Å². The fourth-order valence-electron chi connectivity index (χ4n) is 1.33. The molecular weight excluding hydrogens is 254 g/mol. The lowest BCUT2D eigenvalue weighted by molar-refractivity contribution is 0.435. The van der Waals surface area contributed by atoms with Gasteiger partial charge in [0.25, 0.3) is 0 Å². The van der Waals surface area contributed by atoms with Gasteiger partial charge in [-0.25, -0.2) is 8.78 Å². The van der Waals surface area contributed by atoms with Crippen LogP contribution in [0.3, 0.4) is 0 Å². The minimum Gasteiger partial charge on any atom is -0.505 e. The number of halogens is 3. The standard InChI is InChI=1S/C10H5BrF2O/c11-6-3-5-1-2-8(14)10(13)9(5)7(12)4-6/h1-4,14H. The molecule has 2 aromatic rings. The van der Waals surface area contributed by atoms with Crippen molar-refractivity contribution in [3.63, 3.8) is 0 Å². The molecule has 0 fully saturated rings. The minimum atomic E-state index is -0.924. The van der Waals surface area contributed by atoms with E-state index in [9.17, 15) is 8.78 Å². The molecule has 0 aliphatic carbocycles. The van der Waals surface area contributed by atoms with Crippen LogP contribution in [-0.4, -0.2) is 5.11 Å². The van der Waals surface area contributed by atoms with Crippen LogP contribution in [0.2, 0.25) is 0 Å². The third-order valence-electron chi connectivity index (χ3n) is 1.95. The zero-order chi connectivity index (χ0) is 10.3. The fraction of sp³-hybridized carbons (Fsp3) is 0. The van der Waals surface area contributed by atoms with Gasteiger partial charge in [-0.1, -0.05) is 22.0 Å². The number of aromatic hydroxyl groups is 1. The van der Waals surface area contributed by atoms with Crippen LogP contribution in [0.25, 0.3) is 10.8 Å². The summed E-state index contributed by atoms with van der Waals surface area (Å²) in [6.45, 7) is 0. The quantitative estimate of drug-likeness (QED) is 0.766. The van der Waals surface area contributed by atoms with E-state index in [-0.39, 0.29) is 5.39 Å². The number of benzene rings is 2. The molecule has 0 saturated heterocycles. The molecular formula is C10H5BrF2O. The molecule has 1 nitrogen and oxygen atoms in total. The predicted octanol–water partition coefficient (Wildman–Crippen LogP) is 3.59. The highest BCUT2D eigenvalue weighted by atomic mass is 79.9. The second-order valence-corrected chi connectivity index (χ2v) is 3.80. The maximum absolute atomic E-state index is 13.3. The summed E-state index contributed by atoms with van der Waals surface area (Å²) in [5, 5.41) is 9.28. The first-order valence-corrected chi connectivity index (χ1v) is 4.65. The van der Waals surface area contributed by atoms with Gasteiger partial charge in [0.2, 0.25) is 0 Å².